The molecule has 0 saturated carbocycles. The van der Waals surface area contributed by atoms with Crippen LogP contribution in [-0.4, -0.2) is 32.3 Å². The Kier molecular flexibility index (Phi) is 5.42. The predicted molar refractivity (Wildman–Crippen MR) is 123 cm³/mol. The lowest BCUT2D eigenvalue weighted by molar-refractivity contribution is -0.130. The van der Waals surface area contributed by atoms with Gasteiger partial charge in [-0.2, -0.15) is 0 Å². The quantitative estimate of drug-likeness (QED) is 0.634. The summed E-state index contributed by atoms with van der Waals surface area (Å²) in [4.78, 5) is 16.3. The van der Waals surface area contributed by atoms with Crippen LogP contribution in [0, 0.1) is 0 Å². The molecule has 31 heavy (non-hydrogen) atoms. The monoisotopic (exact) mass is 434 g/mol. The van der Waals surface area contributed by atoms with Gasteiger partial charge in [0.2, 0.25) is 5.91 Å². The van der Waals surface area contributed by atoms with Crippen molar-refractivity contribution >= 4 is 22.9 Å². The number of hydrogen-bond donors (Lipinski definition) is 1. The second-order valence-corrected chi connectivity index (χ2v) is 9.33. The molecule has 1 N–H and O–H groups in total. The minimum absolute atomic E-state index is 0.0173. The van der Waals surface area contributed by atoms with Crippen LogP contribution in [0.4, 0.5) is 5.69 Å². The zero-order valence-electron chi connectivity index (χ0n) is 17.5. The molecule has 2 aliphatic heterocycles. The number of anilines is 1. The fraction of sp³-hybridized carbons (Fsp3) is 0.320. The van der Waals surface area contributed by atoms with E-state index in [-0.39, 0.29) is 11.3 Å². The van der Waals surface area contributed by atoms with Crippen LogP contribution in [-0.2, 0) is 28.0 Å². The third-order valence-corrected chi connectivity index (χ3v) is 7.16. The smallest absolute Gasteiger partial charge is 0.249 e. The molecular formula is C25H26N2O3S. The van der Waals surface area contributed by atoms with E-state index in [0.717, 1.165) is 23.7 Å². The lowest BCUT2D eigenvalue weighted by Gasteiger charge is -2.24. The molecule has 1 aromatic heterocycles. The van der Waals surface area contributed by atoms with Gasteiger partial charge in [-0.05, 0) is 47.2 Å². The lowest BCUT2D eigenvalue weighted by atomic mass is 9.80. The van der Waals surface area contributed by atoms with Gasteiger partial charge in [0.15, 0.2) is 0 Å². The van der Waals surface area contributed by atoms with Crippen LogP contribution in [0.1, 0.15) is 22.4 Å². The number of thiophene rings is 1. The third kappa shape index (κ3) is 3.93. The molecule has 2 aromatic carbocycles. The first-order valence-corrected chi connectivity index (χ1v) is 11.4. The molecule has 1 fully saturated rings. The average Bonchev–Trinajstić information content (AvgIpc) is 3.54. The number of amides is 1. The Morgan fingerprint density at radius 1 is 1.19 bits per heavy atom. The minimum atomic E-state index is -0.408. The molecule has 3 aromatic rings. The standard InChI is InChI=1S/C25H26N2O3S/c1-29-19-10-8-18(9-11-19)15-27-16-25(21-6-2-3-7-22(21)27)13-23(30-17-25)24(28)26-14-20-5-4-12-31-20/h2-12,23H,13-17H2,1H3,(H,26,28)/t23-,25+/m0/s1. The number of ether oxygens (including phenoxy) is 2. The Bertz CT molecular complexity index is 1050. The fourth-order valence-corrected chi connectivity index (χ4v) is 5.37. The van der Waals surface area contributed by atoms with Crippen molar-refractivity contribution in [2.45, 2.75) is 31.0 Å². The summed E-state index contributed by atoms with van der Waals surface area (Å²) in [7, 11) is 1.68. The number of carbonyl (C=O) groups is 1. The van der Waals surface area contributed by atoms with Gasteiger partial charge in [0.05, 0.1) is 20.3 Å². The minimum Gasteiger partial charge on any atom is -0.497 e. The molecular weight excluding hydrogens is 408 g/mol. The number of carbonyl (C=O) groups excluding carboxylic acids is 1. The second kappa shape index (κ2) is 8.36. The van der Waals surface area contributed by atoms with E-state index < -0.39 is 6.10 Å². The molecule has 3 heterocycles. The van der Waals surface area contributed by atoms with Crippen LogP contribution in [0.2, 0.25) is 0 Å². The number of rotatable bonds is 6. The molecule has 2 aliphatic rings. The van der Waals surface area contributed by atoms with E-state index in [4.69, 9.17) is 9.47 Å². The topological polar surface area (TPSA) is 50.8 Å². The maximum absolute atomic E-state index is 12.8. The van der Waals surface area contributed by atoms with Crippen LogP contribution in [0.15, 0.2) is 66.0 Å². The molecule has 160 valence electrons. The molecule has 0 unspecified atom stereocenters. The van der Waals surface area contributed by atoms with Crippen molar-refractivity contribution in [2.24, 2.45) is 0 Å². The Morgan fingerprint density at radius 3 is 2.81 bits per heavy atom. The molecule has 5 nitrogen and oxygen atoms in total. The summed E-state index contributed by atoms with van der Waals surface area (Å²) in [6.45, 7) is 2.80. The normalized spacial score (nSPS) is 22.0. The van der Waals surface area contributed by atoms with Gasteiger partial charge < -0.3 is 19.7 Å². The third-order valence-electron chi connectivity index (χ3n) is 6.29. The maximum Gasteiger partial charge on any atom is 0.249 e. The summed E-state index contributed by atoms with van der Waals surface area (Å²) in [6.07, 6.45) is 0.299. The number of para-hydroxylation sites is 1. The zero-order chi connectivity index (χ0) is 21.3. The summed E-state index contributed by atoms with van der Waals surface area (Å²) in [5, 5.41) is 5.06. The molecule has 0 bridgehead atoms. The van der Waals surface area contributed by atoms with Crippen molar-refractivity contribution in [3.8, 4) is 5.75 Å². The van der Waals surface area contributed by atoms with E-state index in [1.54, 1.807) is 18.4 Å². The van der Waals surface area contributed by atoms with E-state index in [0.29, 0.717) is 19.6 Å². The zero-order valence-corrected chi connectivity index (χ0v) is 18.4. The van der Waals surface area contributed by atoms with Crippen molar-refractivity contribution < 1.29 is 14.3 Å². The highest BCUT2D eigenvalue weighted by Crippen LogP contribution is 2.47. The van der Waals surface area contributed by atoms with Crippen LogP contribution in [0.5, 0.6) is 5.75 Å². The van der Waals surface area contributed by atoms with E-state index in [1.807, 2.05) is 29.6 Å². The van der Waals surface area contributed by atoms with E-state index >= 15 is 0 Å². The number of hydrogen-bond acceptors (Lipinski definition) is 5. The largest absolute Gasteiger partial charge is 0.497 e. The van der Waals surface area contributed by atoms with E-state index in [9.17, 15) is 4.79 Å². The van der Waals surface area contributed by atoms with Crippen molar-refractivity contribution in [2.75, 3.05) is 25.2 Å². The highest BCUT2D eigenvalue weighted by Gasteiger charge is 2.50. The van der Waals surface area contributed by atoms with E-state index in [1.165, 1.54) is 16.8 Å². The SMILES string of the molecule is COc1ccc(CN2C[C@]3(CO[C@H](C(=O)NCc4cccs4)C3)c3ccccc32)cc1. The molecule has 1 saturated heterocycles. The van der Waals surface area contributed by atoms with Gasteiger partial charge in [-0.3, -0.25) is 4.79 Å². The summed E-state index contributed by atoms with van der Waals surface area (Å²) >= 11 is 1.65. The Balaban J connectivity index is 1.31. The number of nitrogens with one attached hydrogen (secondary N) is 1. The molecule has 2 atom stereocenters. The molecule has 6 heteroatoms. The number of nitrogens with zero attached hydrogens (tertiary/aromatic N) is 1. The Morgan fingerprint density at radius 2 is 2.03 bits per heavy atom. The summed E-state index contributed by atoms with van der Waals surface area (Å²) < 4.78 is 11.3. The van der Waals surface area contributed by atoms with Crippen LogP contribution in [0.3, 0.4) is 0 Å². The van der Waals surface area contributed by atoms with Crippen molar-refractivity contribution in [3.63, 3.8) is 0 Å². The summed E-state index contributed by atoms with van der Waals surface area (Å²) in [6, 6.07) is 20.8. The average molecular weight is 435 g/mol. The summed E-state index contributed by atoms with van der Waals surface area (Å²) in [5.74, 6) is 0.846. The maximum atomic E-state index is 12.8. The fourth-order valence-electron chi connectivity index (χ4n) is 4.73. The molecule has 5 rings (SSSR count). The molecule has 0 radical (unpaired) electrons. The summed E-state index contributed by atoms with van der Waals surface area (Å²) in [5.41, 5.74) is 3.61. The predicted octanol–water partition coefficient (Wildman–Crippen LogP) is 4.12. The Hall–Kier alpha value is -2.83. The van der Waals surface area contributed by atoms with Crippen LogP contribution >= 0.6 is 11.3 Å². The first kappa shape index (κ1) is 20.1. The van der Waals surface area contributed by atoms with Gasteiger partial charge in [-0.25, -0.2) is 0 Å². The van der Waals surface area contributed by atoms with Gasteiger partial charge >= 0.3 is 0 Å². The lowest BCUT2D eigenvalue weighted by Crippen LogP contribution is -2.37. The second-order valence-electron chi connectivity index (χ2n) is 8.30. The van der Waals surface area contributed by atoms with Crippen molar-refractivity contribution in [3.05, 3.63) is 82.0 Å². The first-order valence-electron chi connectivity index (χ1n) is 10.6. The van der Waals surface area contributed by atoms with Gasteiger partial charge in [-0.1, -0.05) is 36.4 Å². The van der Waals surface area contributed by atoms with Crippen LogP contribution < -0.4 is 15.0 Å². The highest BCUT2D eigenvalue weighted by atomic mass is 32.1. The van der Waals surface area contributed by atoms with Crippen molar-refractivity contribution in [1.82, 2.24) is 5.32 Å². The van der Waals surface area contributed by atoms with Crippen molar-refractivity contribution in [1.29, 1.82) is 0 Å². The van der Waals surface area contributed by atoms with Gasteiger partial charge in [0.1, 0.15) is 11.9 Å². The van der Waals surface area contributed by atoms with Gasteiger partial charge in [-0.15, -0.1) is 11.3 Å². The highest BCUT2D eigenvalue weighted by molar-refractivity contribution is 7.09. The molecule has 1 amide bonds. The van der Waals surface area contributed by atoms with Gasteiger partial charge in [0, 0.05) is 29.1 Å². The van der Waals surface area contributed by atoms with Gasteiger partial charge in [0.25, 0.3) is 0 Å². The number of methoxy groups -OCH3 is 1. The van der Waals surface area contributed by atoms with E-state index in [2.05, 4.69) is 46.6 Å². The Labute approximate surface area is 186 Å². The molecule has 0 aliphatic carbocycles. The molecule has 1 spiro atoms. The first-order chi connectivity index (χ1) is 15.2. The van der Waals surface area contributed by atoms with Crippen LogP contribution in [0.25, 0.3) is 0 Å². The number of fused-ring (bicyclic) bond motifs is 2. The number of benzene rings is 2.